The second-order valence-electron chi connectivity index (χ2n) is 6.43. The van der Waals surface area contributed by atoms with Gasteiger partial charge in [0.2, 0.25) is 5.91 Å². The molecule has 0 aliphatic heterocycles. The topological polar surface area (TPSA) is 71.1 Å². The van der Waals surface area contributed by atoms with Gasteiger partial charge < -0.3 is 10.6 Å². The SMILES string of the molecule is O=C(C=C1CCCCC1)Nc1ccccc1CNC(=O)c1cccnc1. The summed E-state index contributed by atoms with van der Waals surface area (Å²) in [6, 6.07) is 10.9. The van der Waals surface area contributed by atoms with E-state index in [0.717, 1.165) is 36.9 Å². The van der Waals surface area contributed by atoms with Gasteiger partial charge in [-0.15, -0.1) is 0 Å². The predicted octanol–water partition coefficient (Wildman–Crippen LogP) is 3.84. The molecule has 0 saturated heterocycles. The van der Waals surface area contributed by atoms with E-state index >= 15 is 0 Å². The normalized spacial score (nSPS) is 13.8. The quantitative estimate of drug-likeness (QED) is 0.806. The Labute approximate surface area is 153 Å². The Morgan fingerprint density at radius 2 is 1.85 bits per heavy atom. The van der Waals surface area contributed by atoms with E-state index in [1.807, 2.05) is 24.3 Å². The van der Waals surface area contributed by atoms with Crippen LogP contribution in [-0.2, 0) is 11.3 Å². The van der Waals surface area contributed by atoms with Crippen LogP contribution in [-0.4, -0.2) is 16.8 Å². The number of carbonyl (C=O) groups is 2. The minimum Gasteiger partial charge on any atom is -0.348 e. The molecule has 26 heavy (non-hydrogen) atoms. The predicted molar refractivity (Wildman–Crippen MR) is 102 cm³/mol. The number of pyridine rings is 1. The molecule has 1 aliphatic rings. The van der Waals surface area contributed by atoms with Crippen molar-refractivity contribution in [2.75, 3.05) is 5.32 Å². The third kappa shape index (κ3) is 5.02. The highest BCUT2D eigenvalue weighted by molar-refractivity contribution is 6.00. The molecule has 2 N–H and O–H groups in total. The molecule has 1 heterocycles. The third-order valence-electron chi connectivity index (χ3n) is 4.47. The van der Waals surface area contributed by atoms with E-state index < -0.39 is 0 Å². The Kier molecular flexibility index (Phi) is 6.14. The van der Waals surface area contributed by atoms with Crippen LogP contribution in [0.25, 0.3) is 0 Å². The van der Waals surface area contributed by atoms with Crippen molar-refractivity contribution < 1.29 is 9.59 Å². The molecule has 0 spiro atoms. The first-order chi connectivity index (χ1) is 12.7. The van der Waals surface area contributed by atoms with Gasteiger partial charge in [-0.05, 0) is 49.4 Å². The molecule has 1 aromatic heterocycles. The average Bonchev–Trinajstić information content (AvgIpc) is 2.68. The molecule has 0 bridgehead atoms. The van der Waals surface area contributed by atoms with Crippen LogP contribution in [0.15, 0.2) is 60.4 Å². The average molecular weight is 349 g/mol. The van der Waals surface area contributed by atoms with E-state index in [0.29, 0.717) is 12.1 Å². The molecule has 2 amide bonds. The zero-order valence-electron chi connectivity index (χ0n) is 14.7. The number of para-hydroxylation sites is 1. The molecule has 134 valence electrons. The van der Waals surface area contributed by atoms with E-state index in [1.165, 1.54) is 18.2 Å². The van der Waals surface area contributed by atoms with Crippen LogP contribution in [0.4, 0.5) is 5.69 Å². The lowest BCUT2D eigenvalue weighted by molar-refractivity contribution is -0.112. The number of allylic oxidation sites excluding steroid dienone is 1. The number of hydrogen-bond donors (Lipinski definition) is 2. The van der Waals surface area contributed by atoms with Crippen molar-refractivity contribution in [3.05, 3.63) is 71.6 Å². The molecule has 0 atom stereocenters. The van der Waals surface area contributed by atoms with Crippen LogP contribution >= 0.6 is 0 Å². The molecule has 5 nitrogen and oxygen atoms in total. The lowest BCUT2D eigenvalue weighted by Crippen LogP contribution is -2.23. The Hall–Kier alpha value is -2.95. The van der Waals surface area contributed by atoms with E-state index in [4.69, 9.17) is 0 Å². The smallest absolute Gasteiger partial charge is 0.253 e. The largest absolute Gasteiger partial charge is 0.348 e. The van der Waals surface area contributed by atoms with Crippen molar-refractivity contribution >= 4 is 17.5 Å². The van der Waals surface area contributed by atoms with Gasteiger partial charge in [0.05, 0.1) is 5.56 Å². The maximum Gasteiger partial charge on any atom is 0.253 e. The zero-order chi connectivity index (χ0) is 18.2. The number of carbonyl (C=O) groups excluding carboxylic acids is 2. The van der Waals surface area contributed by atoms with Crippen LogP contribution in [0.3, 0.4) is 0 Å². The fourth-order valence-electron chi connectivity index (χ4n) is 3.08. The van der Waals surface area contributed by atoms with Gasteiger partial charge in [-0.25, -0.2) is 0 Å². The molecular formula is C21H23N3O2. The van der Waals surface area contributed by atoms with E-state index in [9.17, 15) is 9.59 Å². The van der Waals surface area contributed by atoms with Crippen LogP contribution < -0.4 is 10.6 Å². The van der Waals surface area contributed by atoms with E-state index in [1.54, 1.807) is 24.4 Å². The minimum absolute atomic E-state index is 0.104. The molecule has 1 aliphatic carbocycles. The van der Waals surface area contributed by atoms with Crippen LogP contribution in [0.2, 0.25) is 0 Å². The molecule has 3 rings (SSSR count). The fourth-order valence-corrected chi connectivity index (χ4v) is 3.08. The number of aromatic nitrogens is 1. The van der Waals surface area contributed by atoms with Gasteiger partial charge in [-0.3, -0.25) is 14.6 Å². The first-order valence-corrected chi connectivity index (χ1v) is 8.99. The first kappa shape index (κ1) is 17.9. The van der Waals surface area contributed by atoms with Crippen LogP contribution in [0, 0.1) is 0 Å². The molecule has 1 aromatic carbocycles. The second-order valence-corrected chi connectivity index (χ2v) is 6.43. The zero-order valence-corrected chi connectivity index (χ0v) is 14.7. The van der Waals surface area contributed by atoms with Crippen molar-refractivity contribution in [1.82, 2.24) is 10.3 Å². The molecular weight excluding hydrogens is 326 g/mol. The number of rotatable bonds is 5. The van der Waals surface area contributed by atoms with Gasteiger partial charge in [-0.2, -0.15) is 0 Å². The third-order valence-corrected chi connectivity index (χ3v) is 4.47. The molecule has 2 aromatic rings. The Morgan fingerprint density at radius 1 is 1.04 bits per heavy atom. The lowest BCUT2D eigenvalue weighted by atomic mass is 9.94. The summed E-state index contributed by atoms with van der Waals surface area (Å²) in [5.74, 6) is -0.295. The monoisotopic (exact) mass is 349 g/mol. The number of benzene rings is 1. The molecule has 5 heteroatoms. The van der Waals surface area contributed by atoms with Crippen LogP contribution in [0.5, 0.6) is 0 Å². The Morgan fingerprint density at radius 3 is 2.62 bits per heavy atom. The summed E-state index contributed by atoms with van der Waals surface area (Å²) in [5, 5.41) is 5.81. The standard InChI is InChI=1S/C21H23N3O2/c25-20(13-16-7-2-1-3-8-16)24-19-11-5-4-9-17(19)15-23-21(26)18-10-6-12-22-14-18/h4-6,9-14H,1-3,7-8,15H2,(H,23,26)(H,24,25). The molecule has 0 unspecified atom stereocenters. The number of nitrogens with zero attached hydrogens (tertiary/aromatic N) is 1. The maximum atomic E-state index is 12.3. The van der Waals surface area contributed by atoms with E-state index in [2.05, 4.69) is 15.6 Å². The van der Waals surface area contributed by atoms with Gasteiger partial charge in [0.1, 0.15) is 0 Å². The summed E-state index contributed by atoms with van der Waals surface area (Å²) in [4.78, 5) is 28.4. The van der Waals surface area contributed by atoms with Crippen LogP contribution in [0.1, 0.15) is 48.0 Å². The van der Waals surface area contributed by atoms with Gasteiger partial charge in [0, 0.05) is 30.7 Å². The summed E-state index contributed by atoms with van der Waals surface area (Å²) in [6.45, 7) is 0.334. The highest BCUT2D eigenvalue weighted by atomic mass is 16.2. The first-order valence-electron chi connectivity index (χ1n) is 8.99. The van der Waals surface area contributed by atoms with Crippen molar-refractivity contribution in [3.8, 4) is 0 Å². The number of nitrogens with one attached hydrogen (secondary N) is 2. The summed E-state index contributed by atoms with van der Waals surface area (Å²) < 4.78 is 0. The highest BCUT2D eigenvalue weighted by Crippen LogP contribution is 2.23. The van der Waals surface area contributed by atoms with Crippen molar-refractivity contribution in [3.63, 3.8) is 0 Å². The van der Waals surface area contributed by atoms with Gasteiger partial charge >= 0.3 is 0 Å². The van der Waals surface area contributed by atoms with Crippen molar-refractivity contribution in [2.24, 2.45) is 0 Å². The molecule has 1 saturated carbocycles. The van der Waals surface area contributed by atoms with Crippen molar-refractivity contribution in [1.29, 1.82) is 0 Å². The summed E-state index contributed by atoms with van der Waals surface area (Å²) >= 11 is 0. The minimum atomic E-state index is -0.191. The van der Waals surface area contributed by atoms with Gasteiger partial charge in [0.15, 0.2) is 0 Å². The molecule has 1 fully saturated rings. The highest BCUT2D eigenvalue weighted by Gasteiger charge is 2.10. The van der Waals surface area contributed by atoms with Crippen molar-refractivity contribution in [2.45, 2.75) is 38.6 Å². The Balaban J connectivity index is 1.62. The fraction of sp³-hybridized carbons (Fsp3) is 0.286. The van der Waals surface area contributed by atoms with Gasteiger partial charge in [-0.1, -0.05) is 30.2 Å². The lowest BCUT2D eigenvalue weighted by Gasteiger charge is -2.14. The molecule has 0 radical (unpaired) electrons. The summed E-state index contributed by atoms with van der Waals surface area (Å²) in [7, 11) is 0. The summed E-state index contributed by atoms with van der Waals surface area (Å²) in [5.41, 5.74) is 3.31. The summed E-state index contributed by atoms with van der Waals surface area (Å²) in [6.07, 6.45) is 10.5. The number of amides is 2. The second kappa shape index (κ2) is 8.94. The maximum absolute atomic E-state index is 12.3. The van der Waals surface area contributed by atoms with E-state index in [-0.39, 0.29) is 11.8 Å². The Bertz CT molecular complexity index is 792. The van der Waals surface area contributed by atoms with Gasteiger partial charge in [0.25, 0.3) is 5.91 Å². The number of hydrogen-bond acceptors (Lipinski definition) is 3. The number of anilines is 1.